The second-order valence-electron chi connectivity index (χ2n) is 9.44. The van der Waals surface area contributed by atoms with Crippen LogP contribution in [0.2, 0.25) is 0 Å². The van der Waals surface area contributed by atoms with E-state index in [4.69, 9.17) is 10.7 Å². The molecule has 0 atom stereocenters. The number of nitrogens with zero attached hydrogens (tertiary/aromatic N) is 4. The Bertz CT molecular complexity index is 1240. The Hall–Kier alpha value is -2.07. The molecule has 1 aromatic carbocycles. The van der Waals surface area contributed by atoms with Crippen LogP contribution in [0.25, 0.3) is 10.2 Å². The lowest BCUT2D eigenvalue weighted by Crippen LogP contribution is -2.48. The van der Waals surface area contributed by atoms with Gasteiger partial charge in [0.25, 0.3) is 0 Å². The third-order valence-corrected chi connectivity index (χ3v) is 9.17. The minimum absolute atomic E-state index is 0.0110. The van der Waals surface area contributed by atoms with Crippen molar-refractivity contribution in [3.8, 4) is 0 Å². The summed E-state index contributed by atoms with van der Waals surface area (Å²) in [4.78, 5) is 13.9. The number of hydrogen-bond donors (Lipinski definition) is 1. The average Bonchev–Trinajstić information content (AvgIpc) is 3.02. The molecule has 172 valence electrons. The first kappa shape index (κ1) is 23.1. The van der Waals surface area contributed by atoms with Crippen molar-refractivity contribution in [2.75, 3.05) is 31.9 Å². The van der Waals surface area contributed by atoms with E-state index in [1.807, 2.05) is 19.1 Å². The van der Waals surface area contributed by atoms with Gasteiger partial charge in [-0.3, -0.25) is 4.90 Å². The van der Waals surface area contributed by atoms with Crippen LogP contribution in [0.15, 0.2) is 29.2 Å². The molecule has 0 unspecified atom stereocenters. The Morgan fingerprint density at radius 1 is 1.03 bits per heavy atom. The highest BCUT2D eigenvalue weighted by molar-refractivity contribution is 7.89. The average molecular weight is 474 g/mol. The molecule has 1 aliphatic heterocycles. The lowest BCUT2D eigenvalue weighted by Gasteiger charge is -2.33. The molecule has 9 heteroatoms. The molecule has 0 amide bonds. The van der Waals surface area contributed by atoms with Crippen molar-refractivity contribution in [1.82, 2.24) is 19.2 Å². The summed E-state index contributed by atoms with van der Waals surface area (Å²) in [6, 6.07) is 7.27. The summed E-state index contributed by atoms with van der Waals surface area (Å²) >= 11 is 1.64. The van der Waals surface area contributed by atoms with Crippen LogP contribution in [0.1, 0.15) is 42.6 Å². The molecule has 0 aliphatic carbocycles. The normalized spacial score (nSPS) is 16.7. The summed E-state index contributed by atoms with van der Waals surface area (Å²) in [6.07, 6.45) is 0. The molecule has 1 saturated heterocycles. The van der Waals surface area contributed by atoms with Gasteiger partial charge in [-0.05, 0) is 42.5 Å². The largest absolute Gasteiger partial charge is 0.383 e. The molecular weight excluding hydrogens is 442 g/mol. The van der Waals surface area contributed by atoms with Crippen LogP contribution in [0, 0.1) is 13.8 Å². The molecule has 1 aliphatic rings. The minimum Gasteiger partial charge on any atom is -0.383 e. The SMILES string of the molecule is Cc1sc2nc(CN3CCN(S(=O)(=O)c4ccc(C(C)(C)C)cc4)CC3)nc(N)c2c1C. The van der Waals surface area contributed by atoms with Gasteiger partial charge in [0, 0.05) is 31.1 Å². The molecular formula is C23H31N5O2S2. The van der Waals surface area contributed by atoms with Crippen LogP contribution in [-0.2, 0) is 22.0 Å². The summed E-state index contributed by atoms with van der Waals surface area (Å²) in [5, 5.41) is 0.949. The summed E-state index contributed by atoms with van der Waals surface area (Å²) < 4.78 is 27.8. The molecule has 0 spiro atoms. The first-order valence-electron chi connectivity index (χ1n) is 10.8. The van der Waals surface area contributed by atoms with E-state index in [0.717, 1.165) is 21.3 Å². The van der Waals surface area contributed by atoms with Crippen molar-refractivity contribution < 1.29 is 8.42 Å². The van der Waals surface area contributed by atoms with E-state index in [1.54, 1.807) is 27.8 Å². The second-order valence-corrected chi connectivity index (χ2v) is 12.6. The van der Waals surface area contributed by atoms with Crippen molar-refractivity contribution in [3.05, 3.63) is 46.1 Å². The van der Waals surface area contributed by atoms with Gasteiger partial charge < -0.3 is 5.73 Å². The fraction of sp³-hybridized carbons (Fsp3) is 0.478. The zero-order chi connectivity index (χ0) is 23.3. The number of hydrogen-bond acceptors (Lipinski definition) is 7. The molecule has 32 heavy (non-hydrogen) atoms. The Labute approximate surface area is 194 Å². The van der Waals surface area contributed by atoms with Gasteiger partial charge in [-0.25, -0.2) is 18.4 Å². The molecule has 7 nitrogen and oxygen atoms in total. The summed E-state index contributed by atoms with van der Waals surface area (Å²) in [5.41, 5.74) is 8.46. The van der Waals surface area contributed by atoms with E-state index in [1.165, 1.54) is 4.88 Å². The van der Waals surface area contributed by atoms with E-state index in [2.05, 4.69) is 37.6 Å². The van der Waals surface area contributed by atoms with E-state index < -0.39 is 10.0 Å². The molecule has 0 saturated carbocycles. The number of nitrogens with two attached hydrogens (primary N) is 1. The van der Waals surface area contributed by atoms with Crippen LogP contribution in [0.4, 0.5) is 5.82 Å². The number of aromatic nitrogens is 2. The molecule has 3 aromatic rings. The molecule has 4 rings (SSSR count). The van der Waals surface area contributed by atoms with Gasteiger partial charge >= 0.3 is 0 Å². The predicted octanol–water partition coefficient (Wildman–Crippen LogP) is 3.69. The minimum atomic E-state index is -3.50. The van der Waals surface area contributed by atoms with Crippen LogP contribution < -0.4 is 5.73 Å². The highest BCUT2D eigenvalue weighted by atomic mass is 32.2. The lowest BCUT2D eigenvalue weighted by atomic mass is 9.87. The molecule has 2 aromatic heterocycles. The van der Waals surface area contributed by atoms with Crippen molar-refractivity contribution in [2.24, 2.45) is 0 Å². The van der Waals surface area contributed by atoms with Crippen molar-refractivity contribution in [2.45, 2.75) is 51.5 Å². The van der Waals surface area contributed by atoms with Crippen LogP contribution >= 0.6 is 11.3 Å². The smallest absolute Gasteiger partial charge is 0.243 e. The fourth-order valence-electron chi connectivity index (χ4n) is 4.00. The van der Waals surface area contributed by atoms with E-state index >= 15 is 0 Å². The number of rotatable bonds is 4. The van der Waals surface area contributed by atoms with Crippen LogP contribution in [0.3, 0.4) is 0 Å². The monoisotopic (exact) mass is 473 g/mol. The summed E-state index contributed by atoms with van der Waals surface area (Å²) in [5.74, 6) is 1.21. The van der Waals surface area contributed by atoms with Gasteiger partial charge in [0.1, 0.15) is 16.5 Å². The number of fused-ring (bicyclic) bond motifs is 1. The quantitative estimate of drug-likeness (QED) is 0.621. The van der Waals surface area contributed by atoms with Gasteiger partial charge in [0.15, 0.2) is 0 Å². The first-order valence-corrected chi connectivity index (χ1v) is 13.1. The van der Waals surface area contributed by atoms with Gasteiger partial charge in [-0.1, -0.05) is 32.9 Å². The topological polar surface area (TPSA) is 92.4 Å². The zero-order valence-electron chi connectivity index (χ0n) is 19.3. The summed E-state index contributed by atoms with van der Waals surface area (Å²) in [6.45, 7) is 13.2. The van der Waals surface area contributed by atoms with Crippen LogP contribution in [-0.4, -0.2) is 53.8 Å². The highest BCUT2D eigenvalue weighted by Crippen LogP contribution is 2.32. The van der Waals surface area contributed by atoms with Gasteiger partial charge in [-0.15, -0.1) is 11.3 Å². The van der Waals surface area contributed by atoms with Crippen molar-refractivity contribution >= 4 is 37.4 Å². The van der Waals surface area contributed by atoms with Gasteiger partial charge in [-0.2, -0.15) is 4.31 Å². The molecule has 2 N–H and O–H groups in total. The maximum Gasteiger partial charge on any atom is 0.243 e. The number of aryl methyl sites for hydroxylation is 2. The standard InChI is InChI=1S/C23H31N5O2S2/c1-15-16(2)31-22-20(15)21(24)25-19(26-22)14-27-10-12-28(13-11-27)32(29,30)18-8-6-17(7-9-18)23(3,4)5/h6-9H,10-14H2,1-5H3,(H2,24,25,26). The first-order chi connectivity index (χ1) is 15.0. The van der Waals surface area contributed by atoms with Crippen molar-refractivity contribution in [3.63, 3.8) is 0 Å². The number of nitrogen functional groups attached to an aromatic ring is 1. The Kier molecular flexibility index (Phi) is 6.04. The number of anilines is 1. The number of piperazine rings is 1. The highest BCUT2D eigenvalue weighted by Gasteiger charge is 2.29. The fourth-order valence-corrected chi connectivity index (χ4v) is 6.48. The Morgan fingerprint density at radius 3 is 2.25 bits per heavy atom. The van der Waals surface area contributed by atoms with Crippen LogP contribution in [0.5, 0.6) is 0 Å². The van der Waals surface area contributed by atoms with E-state index in [-0.39, 0.29) is 5.41 Å². The van der Waals surface area contributed by atoms with Gasteiger partial charge in [0.05, 0.1) is 16.8 Å². The van der Waals surface area contributed by atoms with E-state index in [0.29, 0.717) is 49.3 Å². The number of benzene rings is 1. The molecule has 0 radical (unpaired) electrons. The Morgan fingerprint density at radius 2 is 1.66 bits per heavy atom. The lowest BCUT2D eigenvalue weighted by molar-refractivity contribution is 0.178. The molecule has 3 heterocycles. The Balaban J connectivity index is 1.43. The maximum absolute atomic E-state index is 13.1. The second kappa shape index (κ2) is 8.37. The van der Waals surface area contributed by atoms with Crippen molar-refractivity contribution in [1.29, 1.82) is 0 Å². The predicted molar refractivity (Wildman–Crippen MR) is 130 cm³/mol. The number of sulfonamides is 1. The summed E-state index contributed by atoms with van der Waals surface area (Å²) in [7, 11) is -3.50. The number of thiophene rings is 1. The maximum atomic E-state index is 13.1. The zero-order valence-corrected chi connectivity index (χ0v) is 21.0. The molecule has 1 fully saturated rings. The van der Waals surface area contributed by atoms with Gasteiger partial charge in [0.2, 0.25) is 10.0 Å². The third kappa shape index (κ3) is 4.39. The third-order valence-electron chi connectivity index (χ3n) is 6.16. The molecule has 0 bridgehead atoms. The van der Waals surface area contributed by atoms with E-state index in [9.17, 15) is 8.42 Å².